The predicted octanol–water partition coefficient (Wildman–Crippen LogP) is 1.52. The van der Waals surface area contributed by atoms with Crippen molar-refractivity contribution in [2.24, 2.45) is 5.92 Å². The number of nitrogens with zero attached hydrogens (tertiary/aromatic N) is 1. The van der Waals surface area contributed by atoms with Crippen molar-refractivity contribution in [3.05, 3.63) is 0 Å². The lowest BCUT2D eigenvalue weighted by Crippen LogP contribution is -2.54. The summed E-state index contributed by atoms with van der Waals surface area (Å²) in [4.78, 5) is 2.59. The molecule has 0 bridgehead atoms. The summed E-state index contributed by atoms with van der Waals surface area (Å²) >= 11 is 0. The van der Waals surface area contributed by atoms with Crippen molar-refractivity contribution in [3.8, 4) is 0 Å². The standard InChI is InChI=1S/C12H23NO2/c1-9-4-5-13(8-12(9)15-3)10-6-11(7-10)14-2/h9-12H,4-8H2,1-3H3/t9-,10-,11-,12+/m1/s1. The SMILES string of the molecule is CO[C@H]1CN([C@H]2C[C@H](OC)C2)CC[C@H]1C. The lowest BCUT2D eigenvalue weighted by atomic mass is 9.85. The van der Waals surface area contributed by atoms with Gasteiger partial charge in [-0.3, -0.25) is 4.90 Å². The van der Waals surface area contributed by atoms with E-state index in [0.717, 1.165) is 12.6 Å². The molecule has 2 aliphatic rings. The van der Waals surface area contributed by atoms with Gasteiger partial charge in [0.15, 0.2) is 0 Å². The highest BCUT2D eigenvalue weighted by molar-refractivity contribution is 4.91. The lowest BCUT2D eigenvalue weighted by molar-refractivity contribution is -0.0710. The van der Waals surface area contributed by atoms with Crippen LogP contribution in [0.15, 0.2) is 0 Å². The van der Waals surface area contributed by atoms with E-state index in [1.165, 1.54) is 25.8 Å². The second-order valence-electron chi connectivity index (χ2n) is 5.02. The van der Waals surface area contributed by atoms with Crippen LogP contribution in [-0.4, -0.2) is 50.5 Å². The highest BCUT2D eigenvalue weighted by atomic mass is 16.5. The Bertz CT molecular complexity index is 204. The summed E-state index contributed by atoms with van der Waals surface area (Å²) in [5, 5.41) is 0. The third kappa shape index (κ3) is 2.35. The molecule has 2 atom stereocenters. The minimum Gasteiger partial charge on any atom is -0.381 e. The van der Waals surface area contributed by atoms with Crippen molar-refractivity contribution in [1.82, 2.24) is 4.90 Å². The first-order valence-corrected chi connectivity index (χ1v) is 6.04. The summed E-state index contributed by atoms with van der Waals surface area (Å²) in [7, 11) is 3.65. The first-order chi connectivity index (χ1) is 7.24. The minimum absolute atomic E-state index is 0.431. The number of hydrogen-bond acceptors (Lipinski definition) is 3. The van der Waals surface area contributed by atoms with E-state index in [1.54, 1.807) is 0 Å². The Labute approximate surface area is 92.7 Å². The van der Waals surface area contributed by atoms with E-state index in [-0.39, 0.29) is 0 Å². The number of methoxy groups -OCH3 is 2. The molecule has 0 spiro atoms. The topological polar surface area (TPSA) is 21.7 Å². The van der Waals surface area contributed by atoms with E-state index < -0.39 is 0 Å². The Morgan fingerprint density at radius 3 is 2.47 bits per heavy atom. The van der Waals surface area contributed by atoms with Crippen molar-refractivity contribution < 1.29 is 9.47 Å². The summed E-state index contributed by atoms with van der Waals surface area (Å²) < 4.78 is 10.9. The first kappa shape index (κ1) is 11.4. The van der Waals surface area contributed by atoms with Crippen LogP contribution in [0.2, 0.25) is 0 Å². The summed E-state index contributed by atoms with van der Waals surface area (Å²) in [6.45, 7) is 4.64. The number of ether oxygens (including phenoxy) is 2. The van der Waals surface area contributed by atoms with Gasteiger partial charge in [0, 0.05) is 26.8 Å². The van der Waals surface area contributed by atoms with Gasteiger partial charge in [-0.2, -0.15) is 0 Å². The molecule has 1 saturated carbocycles. The van der Waals surface area contributed by atoms with Crippen molar-refractivity contribution in [3.63, 3.8) is 0 Å². The average Bonchev–Trinajstić information content (AvgIpc) is 2.19. The molecule has 0 aromatic rings. The van der Waals surface area contributed by atoms with Gasteiger partial charge in [0.1, 0.15) is 0 Å². The Kier molecular flexibility index (Phi) is 3.65. The Hall–Kier alpha value is -0.120. The second kappa shape index (κ2) is 4.81. The number of hydrogen-bond donors (Lipinski definition) is 0. The molecule has 1 aliphatic heterocycles. The Morgan fingerprint density at radius 2 is 1.87 bits per heavy atom. The molecule has 2 rings (SSSR count). The van der Waals surface area contributed by atoms with E-state index in [2.05, 4.69) is 11.8 Å². The highest BCUT2D eigenvalue weighted by Gasteiger charge is 2.37. The molecule has 3 heteroatoms. The van der Waals surface area contributed by atoms with Crippen LogP contribution in [0, 0.1) is 5.92 Å². The molecule has 0 aromatic carbocycles. The molecule has 1 aliphatic carbocycles. The molecule has 0 radical (unpaired) electrons. The van der Waals surface area contributed by atoms with Gasteiger partial charge >= 0.3 is 0 Å². The Balaban J connectivity index is 1.80. The van der Waals surface area contributed by atoms with Crippen LogP contribution >= 0.6 is 0 Å². The minimum atomic E-state index is 0.431. The van der Waals surface area contributed by atoms with Gasteiger partial charge in [0.25, 0.3) is 0 Å². The van der Waals surface area contributed by atoms with Crippen LogP contribution in [-0.2, 0) is 9.47 Å². The van der Waals surface area contributed by atoms with Gasteiger partial charge in [0.2, 0.25) is 0 Å². The number of piperidine rings is 1. The fourth-order valence-corrected chi connectivity index (χ4v) is 2.72. The summed E-state index contributed by atoms with van der Waals surface area (Å²) in [6, 6.07) is 0.750. The molecule has 1 saturated heterocycles. The Morgan fingerprint density at radius 1 is 1.13 bits per heavy atom. The largest absolute Gasteiger partial charge is 0.381 e. The molecule has 0 N–H and O–H groups in total. The molecule has 15 heavy (non-hydrogen) atoms. The van der Waals surface area contributed by atoms with Gasteiger partial charge in [-0.1, -0.05) is 6.92 Å². The highest BCUT2D eigenvalue weighted by Crippen LogP contribution is 2.31. The number of likely N-dealkylation sites (tertiary alicyclic amines) is 1. The fraction of sp³-hybridized carbons (Fsp3) is 1.00. The molecule has 0 amide bonds. The van der Waals surface area contributed by atoms with Crippen molar-refractivity contribution in [2.45, 2.75) is 44.4 Å². The second-order valence-corrected chi connectivity index (χ2v) is 5.02. The molecular weight excluding hydrogens is 190 g/mol. The summed E-state index contributed by atoms with van der Waals surface area (Å²) in [5.74, 6) is 0.713. The fourth-order valence-electron chi connectivity index (χ4n) is 2.72. The third-order valence-corrected chi connectivity index (χ3v) is 4.14. The van der Waals surface area contributed by atoms with E-state index in [0.29, 0.717) is 18.1 Å². The van der Waals surface area contributed by atoms with Crippen LogP contribution < -0.4 is 0 Å². The van der Waals surface area contributed by atoms with Crippen molar-refractivity contribution >= 4 is 0 Å². The normalized spacial score (nSPS) is 42.6. The smallest absolute Gasteiger partial charge is 0.0724 e. The van der Waals surface area contributed by atoms with Crippen molar-refractivity contribution in [1.29, 1.82) is 0 Å². The molecule has 0 unspecified atom stereocenters. The van der Waals surface area contributed by atoms with E-state index in [1.807, 2.05) is 14.2 Å². The van der Waals surface area contributed by atoms with Gasteiger partial charge in [-0.25, -0.2) is 0 Å². The van der Waals surface area contributed by atoms with Crippen LogP contribution in [0.4, 0.5) is 0 Å². The van der Waals surface area contributed by atoms with Crippen LogP contribution in [0.1, 0.15) is 26.2 Å². The predicted molar refractivity (Wildman–Crippen MR) is 60.0 cm³/mol. The van der Waals surface area contributed by atoms with E-state index in [9.17, 15) is 0 Å². The van der Waals surface area contributed by atoms with Crippen LogP contribution in [0.3, 0.4) is 0 Å². The lowest BCUT2D eigenvalue weighted by Gasteiger charge is -2.46. The molecular formula is C12H23NO2. The van der Waals surface area contributed by atoms with Gasteiger partial charge in [-0.15, -0.1) is 0 Å². The van der Waals surface area contributed by atoms with E-state index >= 15 is 0 Å². The quantitative estimate of drug-likeness (QED) is 0.709. The zero-order valence-corrected chi connectivity index (χ0v) is 10.1. The maximum atomic E-state index is 5.53. The van der Waals surface area contributed by atoms with Crippen molar-refractivity contribution in [2.75, 3.05) is 27.3 Å². The van der Waals surface area contributed by atoms with Crippen LogP contribution in [0.5, 0.6) is 0 Å². The van der Waals surface area contributed by atoms with Crippen LogP contribution in [0.25, 0.3) is 0 Å². The maximum absolute atomic E-state index is 5.53. The zero-order valence-electron chi connectivity index (χ0n) is 10.1. The first-order valence-electron chi connectivity index (χ1n) is 6.04. The zero-order chi connectivity index (χ0) is 10.8. The molecule has 0 aromatic heterocycles. The number of rotatable bonds is 3. The average molecular weight is 213 g/mol. The van der Waals surface area contributed by atoms with Gasteiger partial charge in [0.05, 0.1) is 12.2 Å². The molecule has 88 valence electrons. The summed E-state index contributed by atoms with van der Waals surface area (Å²) in [6.07, 6.45) is 4.63. The third-order valence-electron chi connectivity index (χ3n) is 4.14. The van der Waals surface area contributed by atoms with Gasteiger partial charge in [-0.05, 0) is 31.7 Å². The summed E-state index contributed by atoms with van der Waals surface area (Å²) in [5.41, 5.74) is 0. The van der Waals surface area contributed by atoms with E-state index in [4.69, 9.17) is 9.47 Å². The molecule has 2 fully saturated rings. The maximum Gasteiger partial charge on any atom is 0.0724 e. The monoisotopic (exact) mass is 213 g/mol. The molecule has 3 nitrogen and oxygen atoms in total. The molecule has 1 heterocycles. The van der Waals surface area contributed by atoms with Gasteiger partial charge < -0.3 is 9.47 Å².